The van der Waals surface area contributed by atoms with E-state index in [1.165, 1.54) is 36.6 Å². The van der Waals surface area contributed by atoms with E-state index in [0.29, 0.717) is 17.8 Å². The van der Waals surface area contributed by atoms with Crippen LogP contribution in [0.1, 0.15) is 66.2 Å². The van der Waals surface area contributed by atoms with Crippen molar-refractivity contribution >= 4 is 26.9 Å². The molecule has 3 heteroatoms. The van der Waals surface area contributed by atoms with Crippen molar-refractivity contribution in [3.8, 4) is 0 Å². The summed E-state index contributed by atoms with van der Waals surface area (Å²) >= 11 is -0.149. The molecule has 1 rings (SSSR count). The SMILES string of the molecule is CCCCC[Te]CC(=O)O[C@@H]1C[C@H](C)CC[C@H]1C(C)C. The molecule has 0 heterocycles. The average molecular weight is 396 g/mol. The van der Waals surface area contributed by atoms with Crippen LogP contribution in [0.15, 0.2) is 0 Å². The van der Waals surface area contributed by atoms with E-state index >= 15 is 0 Å². The van der Waals surface area contributed by atoms with E-state index in [0.717, 1.165) is 10.9 Å². The van der Waals surface area contributed by atoms with Crippen molar-refractivity contribution < 1.29 is 9.53 Å². The van der Waals surface area contributed by atoms with Crippen molar-refractivity contribution in [2.75, 3.05) is 0 Å². The third kappa shape index (κ3) is 6.81. The number of hydrogen-bond acceptors (Lipinski definition) is 2. The molecule has 20 heavy (non-hydrogen) atoms. The molecule has 0 aliphatic heterocycles. The summed E-state index contributed by atoms with van der Waals surface area (Å²) < 4.78 is 7.87. The van der Waals surface area contributed by atoms with Crippen molar-refractivity contribution in [3.05, 3.63) is 0 Å². The maximum absolute atomic E-state index is 12.0. The molecule has 0 aromatic rings. The topological polar surface area (TPSA) is 26.3 Å². The molecule has 0 unspecified atom stereocenters. The number of ether oxygens (including phenoxy) is 1. The van der Waals surface area contributed by atoms with Gasteiger partial charge >= 0.3 is 135 Å². The van der Waals surface area contributed by atoms with Crippen LogP contribution in [0.2, 0.25) is 8.94 Å². The number of unbranched alkanes of at least 4 members (excludes halogenated alkanes) is 2. The van der Waals surface area contributed by atoms with Gasteiger partial charge in [0.1, 0.15) is 0 Å². The summed E-state index contributed by atoms with van der Waals surface area (Å²) in [7, 11) is 0. The van der Waals surface area contributed by atoms with Gasteiger partial charge in [0, 0.05) is 0 Å². The predicted octanol–water partition coefficient (Wildman–Crippen LogP) is 4.72. The Labute approximate surface area is 135 Å². The first-order valence-corrected chi connectivity index (χ1v) is 11.6. The van der Waals surface area contributed by atoms with E-state index in [9.17, 15) is 4.79 Å². The summed E-state index contributed by atoms with van der Waals surface area (Å²) in [5.41, 5.74) is 0. The standard InChI is InChI=1S/C17H32O2Te/c1-5-6-7-10-20-12-17(18)19-16-11-14(4)8-9-15(16)13(2)3/h13-16H,5-12H2,1-4H3/t14-,15+,16-/m1/s1. The van der Waals surface area contributed by atoms with Crippen LogP contribution in [0.4, 0.5) is 0 Å². The second-order valence-electron chi connectivity index (χ2n) is 6.61. The van der Waals surface area contributed by atoms with E-state index in [1.807, 2.05) is 0 Å². The summed E-state index contributed by atoms with van der Waals surface area (Å²) in [5, 5.41) is 0. The van der Waals surface area contributed by atoms with Gasteiger partial charge in [-0.15, -0.1) is 0 Å². The number of carbonyl (C=O) groups is 1. The molecular weight excluding hydrogens is 364 g/mol. The molecule has 3 atom stereocenters. The molecule has 0 amide bonds. The molecule has 0 saturated heterocycles. The van der Waals surface area contributed by atoms with Crippen LogP contribution in [-0.2, 0) is 9.53 Å². The van der Waals surface area contributed by atoms with Gasteiger partial charge in [0.15, 0.2) is 0 Å². The van der Waals surface area contributed by atoms with Gasteiger partial charge in [-0.3, -0.25) is 0 Å². The van der Waals surface area contributed by atoms with E-state index in [-0.39, 0.29) is 33.0 Å². The van der Waals surface area contributed by atoms with Gasteiger partial charge in [-0.25, -0.2) is 0 Å². The molecule has 1 aliphatic rings. The Kier molecular flexibility index (Phi) is 9.21. The van der Waals surface area contributed by atoms with Crippen LogP contribution in [0.5, 0.6) is 0 Å². The Morgan fingerprint density at radius 3 is 2.70 bits per heavy atom. The van der Waals surface area contributed by atoms with Crippen LogP contribution in [0, 0.1) is 17.8 Å². The summed E-state index contributed by atoms with van der Waals surface area (Å²) in [5.74, 6) is 2.01. The molecule has 0 spiro atoms. The van der Waals surface area contributed by atoms with E-state index in [1.54, 1.807) is 0 Å². The molecular formula is C17H32O2Te. The number of hydrogen-bond donors (Lipinski definition) is 0. The summed E-state index contributed by atoms with van der Waals surface area (Å²) in [6.45, 7) is 9.04. The molecule has 1 fully saturated rings. The zero-order chi connectivity index (χ0) is 15.0. The second kappa shape index (κ2) is 10.1. The van der Waals surface area contributed by atoms with Crippen molar-refractivity contribution in [1.29, 1.82) is 0 Å². The van der Waals surface area contributed by atoms with E-state index < -0.39 is 0 Å². The summed E-state index contributed by atoms with van der Waals surface area (Å²) in [4.78, 5) is 12.0. The van der Waals surface area contributed by atoms with Gasteiger partial charge in [-0.2, -0.15) is 0 Å². The van der Waals surface area contributed by atoms with Gasteiger partial charge in [-0.1, -0.05) is 0 Å². The number of rotatable bonds is 8. The van der Waals surface area contributed by atoms with Gasteiger partial charge in [0.05, 0.1) is 0 Å². The first-order chi connectivity index (χ1) is 9.54. The van der Waals surface area contributed by atoms with Crippen molar-refractivity contribution in [2.24, 2.45) is 17.8 Å². The normalized spacial score (nSPS) is 26.8. The molecule has 1 aliphatic carbocycles. The number of carbonyl (C=O) groups excluding carboxylic acids is 1. The van der Waals surface area contributed by atoms with Crippen LogP contribution in [0.3, 0.4) is 0 Å². The Hall–Kier alpha value is 0.260. The molecule has 0 aromatic carbocycles. The minimum absolute atomic E-state index is 0.0913. The monoisotopic (exact) mass is 398 g/mol. The van der Waals surface area contributed by atoms with Gasteiger partial charge in [0.25, 0.3) is 0 Å². The summed E-state index contributed by atoms with van der Waals surface area (Å²) in [6, 6.07) is 0. The summed E-state index contributed by atoms with van der Waals surface area (Å²) in [6.07, 6.45) is 7.68. The Morgan fingerprint density at radius 2 is 2.05 bits per heavy atom. The fraction of sp³-hybridized carbons (Fsp3) is 0.941. The second-order valence-corrected chi connectivity index (χ2v) is 9.77. The van der Waals surface area contributed by atoms with Crippen LogP contribution < -0.4 is 0 Å². The third-order valence-electron chi connectivity index (χ3n) is 4.36. The van der Waals surface area contributed by atoms with Gasteiger partial charge in [0.2, 0.25) is 0 Å². The van der Waals surface area contributed by atoms with Crippen molar-refractivity contribution in [3.63, 3.8) is 0 Å². The van der Waals surface area contributed by atoms with Crippen LogP contribution in [0.25, 0.3) is 0 Å². The molecule has 1 saturated carbocycles. The minimum atomic E-state index is -0.149. The number of esters is 1. The Morgan fingerprint density at radius 1 is 1.30 bits per heavy atom. The quantitative estimate of drug-likeness (QED) is 0.337. The zero-order valence-electron chi connectivity index (χ0n) is 13.7. The third-order valence-corrected chi connectivity index (χ3v) is 7.26. The Bertz CT molecular complexity index is 278. The van der Waals surface area contributed by atoms with Crippen molar-refractivity contribution in [1.82, 2.24) is 0 Å². The fourth-order valence-electron chi connectivity index (χ4n) is 3.06. The fourth-order valence-corrected chi connectivity index (χ4v) is 5.31. The van der Waals surface area contributed by atoms with Gasteiger partial charge < -0.3 is 0 Å². The molecule has 0 aromatic heterocycles. The van der Waals surface area contributed by atoms with Gasteiger partial charge in [-0.05, 0) is 0 Å². The molecule has 2 nitrogen and oxygen atoms in total. The van der Waals surface area contributed by atoms with Crippen molar-refractivity contribution in [2.45, 2.75) is 81.3 Å². The predicted molar refractivity (Wildman–Crippen MR) is 86.1 cm³/mol. The average Bonchev–Trinajstić information content (AvgIpc) is 2.38. The van der Waals surface area contributed by atoms with E-state index in [4.69, 9.17) is 4.74 Å². The zero-order valence-corrected chi connectivity index (χ0v) is 16.0. The first-order valence-electron chi connectivity index (χ1n) is 8.31. The van der Waals surface area contributed by atoms with E-state index in [2.05, 4.69) is 27.7 Å². The molecule has 0 bridgehead atoms. The molecule has 118 valence electrons. The Balaban J connectivity index is 2.30. The van der Waals surface area contributed by atoms with Crippen LogP contribution >= 0.6 is 0 Å². The molecule has 0 radical (unpaired) electrons. The first kappa shape index (κ1) is 18.3. The maximum atomic E-state index is 12.0. The molecule has 0 N–H and O–H groups in total. The van der Waals surface area contributed by atoms with Crippen LogP contribution in [-0.4, -0.2) is 33.0 Å².